The third-order valence-corrected chi connectivity index (χ3v) is 2.71. The fourth-order valence-electron chi connectivity index (χ4n) is 1.67. The van der Waals surface area contributed by atoms with E-state index in [1.165, 1.54) is 0 Å². The Bertz CT molecular complexity index is 621. The van der Waals surface area contributed by atoms with Gasteiger partial charge in [0.2, 0.25) is 11.8 Å². The Morgan fingerprint density at radius 2 is 1.95 bits per heavy atom. The molecule has 0 radical (unpaired) electrons. The highest BCUT2D eigenvalue weighted by Crippen LogP contribution is 2.14. The lowest BCUT2D eigenvalue weighted by Gasteiger charge is -2.04. The second-order valence-electron chi connectivity index (χ2n) is 4.91. The Labute approximate surface area is 120 Å². The smallest absolute Gasteiger partial charge is 0.227 e. The van der Waals surface area contributed by atoms with E-state index in [9.17, 15) is 13.6 Å². The van der Waals surface area contributed by atoms with E-state index >= 15 is 0 Å². The summed E-state index contributed by atoms with van der Waals surface area (Å²) in [6, 6.07) is 2.83. The Morgan fingerprint density at radius 3 is 2.52 bits per heavy atom. The minimum Gasteiger partial charge on any atom is -0.339 e. The van der Waals surface area contributed by atoms with Gasteiger partial charge in [-0.3, -0.25) is 4.79 Å². The summed E-state index contributed by atoms with van der Waals surface area (Å²) in [5.41, 5.74) is 0.0749. The summed E-state index contributed by atoms with van der Waals surface area (Å²) in [5.74, 6) is -0.791. The fraction of sp³-hybridized carbons (Fsp3) is 0.357. The molecule has 1 amide bonds. The van der Waals surface area contributed by atoms with Gasteiger partial charge >= 0.3 is 0 Å². The van der Waals surface area contributed by atoms with Crippen molar-refractivity contribution in [1.82, 2.24) is 10.1 Å². The van der Waals surface area contributed by atoms with Crippen molar-refractivity contribution >= 4 is 11.6 Å². The molecule has 112 valence electrons. The lowest BCUT2D eigenvalue weighted by atomic mass is 10.2. The van der Waals surface area contributed by atoms with E-state index < -0.39 is 11.6 Å². The molecule has 1 heterocycles. The van der Waals surface area contributed by atoms with Gasteiger partial charge in [-0.2, -0.15) is 4.98 Å². The summed E-state index contributed by atoms with van der Waals surface area (Å²) < 4.78 is 31.0. The van der Waals surface area contributed by atoms with Crippen molar-refractivity contribution < 1.29 is 18.1 Å². The van der Waals surface area contributed by atoms with Gasteiger partial charge in [-0.1, -0.05) is 19.0 Å². The van der Waals surface area contributed by atoms with E-state index in [4.69, 9.17) is 4.52 Å². The van der Waals surface area contributed by atoms with Crippen LogP contribution in [0.1, 0.15) is 37.9 Å². The summed E-state index contributed by atoms with van der Waals surface area (Å²) in [5, 5.41) is 6.20. The number of hydrogen-bond donors (Lipinski definition) is 1. The third-order valence-electron chi connectivity index (χ3n) is 2.71. The molecule has 1 aromatic carbocycles. The van der Waals surface area contributed by atoms with Crippen molar-refractivity contribution in [1.29, 1.82) is 0 Å². The van der Waals surface area contributed by atoms with Gasteiger partial charge in [0.1, 0.15) is 11.6 Å². The maximum atomic E-state index is 13.0. The number of nitrogens with one attached hydrogen (secondary N) is 1. The number of aromatic nitrogens is 2. The quantitative estimate of drug-likeness (QED) is 0.920. The van der Waals surface area contributed by atoms with Crippen LogP contribution in [0.3, 0.4) is 0 Å². The molecular weight excluding hydrogens is 280 g/mol. The van der Waals surface area contributed by atoms with Gasteiger partial charge in [0.15, 0.2) is 5.82 Å². The van der Waals surface area contributed by atoms with Gasteiger partial charge in [-0.15, -0.1) is 0 Å². The van der Waals surface area contributed by atoms with E-state index in [1.807, 2.05) is 13.8 Å². The minimum atomic E-state index is -0.747. The van der Waals surface area contributed by atoms with Gasteiger partial charge in [0.25, 0.3) is 0 Å². The van der Waals surface area contributed by atoms with Crippen molar-refractivity contribution in [2.45, 2.75) is 32.6 Å². The average Bonchev–Trinajstić information content (AvgIpc) is 2.84. The molecule has 5 nitrogen and oxygen atoms in total. The molecule has 7 heteroatoms. The fourth-order valence-corrected chi connectivity index (χ4v) is 1.67. The SMILES string of the molecule is CC(C)c1noc(CCC(=O)Nc2cc(F)cc(F)c2)n1. The lowest BCUT2D eigenvalue weighted by molar-refractivity contribution is -0.116. The Morgan fingerprint density at radius 1 is 1.29 bits per heavy atom. The highest BCUT2D eigenvalue weighted by atomic mass is 19.1. The average molecular weight is 295 g/mol. The lowest BCUT2D eigenvalue weighted by Crippen LogP contribution is -2.12. The number of halogens is 2. The molecule has 1 aromatic heterocycles. The molecule has 0 aliphatic heterocycles. The van der Waals surface area contributed by atoms with Gasteiger partial charge in [-0.25, -0.2) is 8.78 Å². The second-order valence-corrected chi connectivity index (χ2v) is 4.91. The highest BCUT2D eigenvalue weighted by molar-refractivity contribution is 5.90. The zero-order chi connectivity index (χ0) is 15.4. The van der Waals surface area contributed by atoms with E-state index in [-0.39, 0.29) is 30.4 Å². The van der Waals surface area contributed by atoms with Crippen LogP contribution in [0.25, 0.3) is 0 Å². The maximum absolute atomic E-state index is 13.0. The van der Waals surface area contributed by atoms with E-state index in [0.29, 0.717) is 11.7 Å². The second kappa shape index (κ2) is 6.43. The minimum absolute atomic E-state index is 0.0749. The Kier molecular flexibility index (Phi) is 4.62. The molecule has 0 aliphatic carbocycles. The predicted molar refractivity (Wildman–Crippen MR) is 71.7 cm³/mol. The Hall–Kier alpha value is -2.31. The molecule has 0 saturated carbocycles. The van der Waals surface area contributed by atoms with Crippen LogP contribution in [-0.2, 0) is 11.2 Å². The first-order chi connectivity index (χ1) is 9.94. The highest BCUT2D eigenvalue weighted by Gasteiger charge is 2.12. The van der Waals surface area contributed by atoms with Crippen molar-refractivity contribution in [2.24, 2.45) is 0 Å². The van der Waals surface area contributed by atoms with Crippen LogP contribution in [0.15, 0.2) is 22.7 Å². The molecule has 0 spiro atoms. The van der Waals surface area contributed by atoms with Crippen LogP contribution in [0.5, 0.6) is 0 Å². The van der Waals surface area contributed by atoms with Crippen molar-refractivity contribution in [3.8, 4) is 0 Å². The van der Waals surface area contributed by atoms with E-state index in [2.05, 4.69) is 15.5 Å². The monoisotopic (exact) mass is 295 g/mol. The van der Waals surface area contributed by atoms with Gasteiger partial charge in [0.05, 0.1) is 0 Å². The van der Waals surface area contributed by atoms with Crippen LogP contribution < -0.4 is 5.32 Å². The number of carbonyl (C=O) groups is 1. The summed E-state index contributed by atoms with van der Waals surface area (Å²) >= 11 is 0. The number of hydrogen-bond acceptors (Lipinski definition) is 4. The van der Waals surface area contributed by atoms with Gasteiger partial charge < -0.3 is 9.84 Å². The molecule has 0 fully saturated rings. The number of anilines is 1. The molecular formula is C14H15F2N3O2. The standard InChI is InChI=1S/C14H15F2N3O2/c1-8(2)14-18-13(21-19-14)4-3-12(20)17-11-6-9(15)5-10(16)7-11/h5-8H,3-4H2,1-2H3,(H,17,20). The van der Waals surface area contributed by atoms with E-state index in [1.54, 1.807) is 0 Å². The summed E-state index contributed by atoms with van der Waals surface area (Å²) in [7, 11) is 0. The molecule has 1 N–H and O–H groups in total. The first-order valence-corrected chi connectivity index (χ1v) is 6.52. The number of nitrogens with zero attached hydrogens (tertiary/aromatic N) is 2. The summed E-state index contributed by atoms with van der Waals surface area (Å²) in [6.45, 7) is 3.86. The van der Waals surface area contributed by atoms with Crippen LogP contribution >= 0.6 is 0 Å². The van der Waals surface area contributed by atoms with Crippen LogP contribution in [0, 0.1) is 11.6 Å². The summed E-state index contributed by atoms with van der Waals surface area (Å²) in [4.78, 5) is 15.8. The topological polar surface area (TPSA) is 68.0 Å². The predicted octanol–water partition coefficient (Wildman–Crippen LogP) is 3.04. The third kappa shape index (κ3) is 4.34. The first-order valence-electron chi connectivity index (χ1n) is 6.52. The molecule has 21 heavy (non-hydrogen) atoms. The molecule has 2 aromatic rings. The zero-order valence-electron chi connectivity index (χ0n) is 11.7. The molecule has 0 unspecified atom stereocenters. The maximum Gasteiger partial charge on any atom is 0.227 e. The van der Waals surface area contributed by atoms with Crippen LogP contribution in [-0.4, -0.2) is 16.0 Å². The molecule has 2 rings (SSSR count). The molecule has 0 atom stereocenters. The largest absolute Gasteiger partial charge is 0.339 e. The molecule has 0 saturated heterocycles. The van der Waals surface area contributed by atoms with Gasteiger partial charge in [0, 0.05) is 30.5 Å². The van der Waals surface area contributed by atoms with Crippen LogP contribution in [0.4, 0.5) is 14.5 Å². The number of carbonyl (C=O) groups excluding carboxylic acids is 1. The molecule has 0 bridgehead atoms. The summed E-state index contributed by atoms with van der Waals surface area (Å²) in [6.07, 6.45) is 0.348. The Balaban J connectivity index is 1.89. The first kappa shape index (κ1) is 15.1. The number of amides is 1. The zero-order valence-corrected chi connectivity index (χ0v) is 11.7. The van der Waals surface area contributed by atoms with Crippen molar-refractivity contribution in [3.05, 3.63) is 41.5 Å². The molecule has 0 aliphatic rings. The normalized spacial score (nSPS) is 10.9. The van der Waals surface area contributed by atoms with Crippen LogP contribution in [0.2, 0.25) is 0 Å². The van der Waals surface area contributed by atoms with Gasteiger partial charge in [-0.05, 0) is 12.1 Å². The number of rotatable bonds is 5. The van der Waals surface area contributed by atoms with Crippen molar-refractivity contribution in [3.63, 3.8) is 0 Å². The van der Waals surface area contributed by atoms with E-state index in [0.717, 1.165) is 18.2 Å². The number of benzene rings is 1. The van der Waals surface area contributed by atoms with Crippen molar-refractivity contribution in [2.75, 3.05) is 5.32 Å². The number of aryl methyl sites for hydroxylation is 1.